The van der Waals surface area contributed by atoms with Gasteiger partial charge in [0, 0.05) is 24.8 Å². The van der Waals surface area contributed by atoms with Crippen molar-refractivity contribution in [1.82, 2.24) is 4.90 Å². The molecule has 0 atom stereocenters. The summed E-state index contributed by atoms with van der Waals surface area (Å²) in [5, 5.41) is 11.4. The Hall–Kier alpha value is -2.24. The average Bonchev–Trinajstić information content (AvgIpc) is 2.40. The van der Waals surface area contributed by atoms with Crippen molar-refractivity contribution in [2.45, 2.75) is 20.3 Å². The van der Waals surface area contributed by atoms with Crippen molar-refractivity contribution in [1.29, 1.82) is 0 Å². The smallest absolute Gasteiger partial charge is 0.321 e. The third kappa shape index (κ3) is 5.17. The molecule has 0 aliphatic heterocycles. The highest BCUT2D eigenvalue weighted by molar-refractivity contribution is 5.89. The molecule has 0 aliphatic carbocycles. The summed E-state index contributed by atoms with van der Waals surface area (Å²) in [5.74, 6) is -0.242. The number of carbonyl (C=O) groups is 2. The summed E-state index contributed by atoms with van der Waals surface area (Å²) < 4.78 is 5.35. The van der Waals surface area contributed by atoms with Crippen LogP contribution < -0.4 is 10.1 Å². The van der Waals surface area contributed by atoms with Crippen molar-refractivity contribution < 1.29 is 19.4 Å². The lowest BCUT2D eigenvalue weighted by atomic mass is 10.3. The summed E-state index contributed by atoms with van der Waals surface area (Å²) in [6.45, 7) is 4.87. The maximum Gasteiger partial charge on any atom is 0.321 e. The van der Waals surface area contributed by atoms with E-state index in [9.17, 15) is 9.59 Å². The van der Waals surface area contributed by atoms with Crippen molar-refractivity contribution in [3.63, 3.8) is 0 Å². The molecule has 2 N–H and O–H groups in total. The molecule has 0 spiro atoms. The number of amides is 2. The van der Waals surface area contributed by atoms with Crippen LogP contribution in [0.25, 0.3) is 0 Å². The standard InChI is InChI=1S/C14H20N2O4/c1-3-16(9-8-13(17)18)14(19)15-11-6-5-7-12(10-11)20-4-2/h5-7,10H,3-4,8-9H2,1-2H3,(H,15,19)(H,17,18). The molecule has 0 saturated heterocycles. The molecule has 0 unspecified atom stereocenters. The van der Waals surface area contributed by atoms with Crippen LogP contribution in [0.1, 0.15) is 20.3 Å². The van der Waals surface area contributed by atoms with Gasteiger partial charge in [-0.15, -0.1) is 0 Å². The normalized spacial score (nSPS) is 9.90. The zero-order chi connectivity index (χ0) is 15.0. The summed E-state index contributed by atoms with van der Waals surface area (Å²) in [6.07, 6.45) is -0.0692. The molecule has 0 heterocycles. The quantitative estimate of drug-likeness (QED) is 0.804. The van der Waals surface area contributed by atoms with Crippen molar-refractivity contribution >= 4 is 17.7 Å². The summed E-state index contributed by atoms with van der Waals surface area (Å²) >= 11 is 0. The Bertz CT molecular complexity index is 462. The van der Waals surface area contributed by atoms with Crippen LogP contribution in [-0.2, 0) is 4.79 Å². The molecule has 0 fully saturated rings. The van der Waals surface area contributed by atoms with E-state index in [0.717, 1.165) is 0 Å². The van der Waals surface area contributed by atoms with Gasteiger partial charge in [0.15, 0.2) is 0 Å². The van der Waals surface area contributed by atoms with E-state index in [1.807, 2.05) is 6.92 Å². The zero-order valence-electron chi connectivity index (χ0n) is 11.8. The fraction of sp³-hybridized carbons (Fsp3) is 0.429. The lowest BCUT2D eigenvalue weighted by Gasteiger charge is -2.20. The highest BCUT2D eigenvalue weighted by Gasteiger charge is 2.13. The maximum atomic E-state index is 12.0. The minimum atomic E-state index is -0.922. The molecule has 6 nitrogen and oxygen atoms in total. The number of hydrogen-bond donors (Lipinski definition) is 2. The van der Waals surface area contributed by atoms with E-state index in [0.29, 0.717) is 24.6 Å². The van der Waals surface area contributed by atoms with Crippen LogP contribution in [0, 0.1) is 0 Å². The molecule has 6 heteroatoms. The van der Waals surface area contributed by atoms with E-state index in [1.54, 1.807) is 31.2 Å². The van der Waals surface area contributed by atoms with Gasteiger partial charge in [-0.2, -0.15) is 0 Å². The number of hydrogen-bond acceptors (Lipinski definition) is 3. The first kappa shape index (κ1) is 15.8. The van der Waals surface area contributed by atoms with E-state index in [2.05, 4.69) is 5.32 Å². The highest BCUT2D eigenvalue weighted by Crippen LogP contribution is 2.17. The summed E-state index contributed by atoms with van der Waals surface area (Å²) in [7, 11) is 0. The predicted molar refractivity (Wildman–Crippen MR) is 76.1 cm³/mol. The molecule has 0 radical (unpaired) electrons. The Morgan fingerprint density at radius 1 is 1.35 bits per heavy atom. The Morgan fingerprint density at radius 2 is 2.10 bits per heavy atom. The van der Waals surface area contributed by atoms with Crippen LogP contribution >= 0.6 is 0 Å². The number of carboxylic acid groups (broad SMARTS) is 1. The number of carboxylic acids is 1. The minimum Gasteiger partial charge on any atom is -0.494 e. The molecular formula is C14H20N2O4. The van der Waals surface area contributed by atoms with E-state index in [4.69, 9.17) is 9.84 Å². The third-order valence-electron chi connectivity index (χ3n) is 2.66. The topological polar surface area (TPSA) is 78.9 Å². The van der Waals surface area contributed by atoms with Crippen LogP contribution in [0.4, 0.5) is 10.5 Å². The SMILES string of the molecule is CCOc1cccc(NC(=O)N(CC)CCC(=O)O)c1. The monoisotopic (exact) mass is 280 g/mol. The first-order chi connectivity index (χ1) is 9.56. The van der Waals surface area contributed by atoms with Crippen LogP contribution in [0.2, 0.25) is 0 Å². The molecule has 110 valence electrons. The fourth-order valence-electron chi connectivity index (χ4n) is 1.67. The summed E-state index contributed by atoms with van der Waals surface area (Å²) in [4.78, 5) is 24.0. The Morgan fingerprint density at radius 3 is 2.70 bits per heavy atom. The Balaban J connectivity index is 2.63. The number of carbonyl (C=O) groups excluding carboxylic acids is 1. The van der Waals surface area contributed by atoms with Crippen molar-refractivity contribution in [3.05, 3.63) is 24.3 Å². The number of rotatable bonds is 7. The fourth-order valence-corrected chi connectivity index (χ4v) is 1.67. The molecule has 2 amide bonds. The minimum absolute atomic E-state index is 0.0692. The van der Waals surface area contributed by atoms with E-state index in [-0.39, 0.29) is 19.0 Å². The van der Waals surface area contributed by atoms with Gasteiger partial charge in [0.2, 0.25) is 0 Å². The van der Waals surface area contributed by atoms with Gasteiger partial charge in [-0.3, -0.25) is 4.79 Å². The Labute approximate surface area is 118 Å². The molecule has 20 heavy (non-hydrogen) atoms. The highest BCUT2D eigenvalue weighted by atomic mass is 16.5. The van der Waals surface area contributed by atoms with Gasteiger partial charge in [0.1, 0.15) is 5.75 Å². The van der Waals surface area contributed by atoms with E-state index < -0.39 is 5.97 Å². The van der Waals surface area contributed by atoms with Gasteiger partial charge >= 0.3 is 12.0 Å². The number of benzene rings is 1. The van der Waals surface area contributed by atoms with E-state index in [1.165, 1.54) is 4.90 Å². The molecule has 1 aromatic rings. The third-order valence-corrected chi connectivity index (χ3v) is 2.66. The molecule has 1 rings (SSSR count). The van der Waals surface area contributed by atoms with Gasteiger partial charge in [0.05, 0.1) is 13.0 Å². The Kier molecular flexibility index (Phi) is 6.36. The number of nitrogens with zero attached hydrogens (tertiary/aromatic N) is 1. The van der Waals surface area contributed by atoms with Crippen molar-refractivity contribution in [3.8, 4) is 5.75 Å². The largest absolute Gasteiger partial charge is 0.494 e. The number of ether oxygens (including phenoxy) is 1. The molecular weight excluding hydrogens is 260 g/mol. The van der Waals surface area contributed by atoms with Gasteiger partial charge in [-0.25, -0.2) is 4.79 Å². The zero-order valence-corrected chi connectivity index (χ0v) is 11.8. The van der Waals surface area contributed by atoms with Crippen molar-refractivity contribution in [2.24, 2.45) is 0 Å². The van der Waals surface area contributed by atoms with Gasteiger partial charge in [0.25, 0.3) is 0 Å². The van der Waals surface area contributed by atoms with Gasteiger partial charge in [-0.1, -0.05) is 6.07 Å². The van der Waals surface area contributed by atoms with Crippen molar-refractivity contribution in [2.75, 3.05) is 25.0 Å². The summed E-state index contributed by atoms with van der Waals surface area (Å²) in [5.41, 5.74) is 0.620. The number of anilines is 1. The number of urea groups is 1. The van der Waals surface area contributed by atoms with Gasteiger partial charge in [-0.05, 0) is 26.0 Å². The maximum absolute atomic E-state index is 12.0. The molecule has 1 aromatic carbocycles. The lowest BCUT2D eigenvalue weighted by Crippen LogP contribution is -2.36. The van der Waals surface area contributed by atoms with Crippen LogP contribution in [0.3, 0.4) is 0 Å². The first-order valence-electron chi connectivity index (χ1n) is 6.57. The van der Waals surface area contributed by atoms with Crippen LogP contribution in [0.15, 0.2) is 24.3 Å². The van der Waals surface area contributed by atoms with Gasteiger partial charge < -0.3 is 20.1 Å². The predicted octanol–water partition coefficient (Wildman–Crippen LogP) is 2.41. The second kappa shape index (κ2) is 8.04. The summed E-state index contributed by atoms with van der Waals surface area (Å²) in [6, 6.07) is 6.76. The second-order valence-corrected chi connectivity index (χ2v) is 4.11. The molecule has 0 saturated carbocycles. The van der Waals surface area contributed by atoms with Crippen LogP contribution in [-0.4, -0.2) is 41.7 Å². The molecule has 0 bridgehead atoms. The average molecular weight is 280 g/mol. The second-order valence-electron chi connectivity index (χ2n) is 4.11. The number of nitrogens with one attached hydrogen (secondary N) is 1. The number of aliphatic carboxylic acids is 1. The van der Waals surface area contributed by atoms with E-state index >= 15 is 0 Å². The lowest BCUT2D eigenvalue weighted by molar-refractivity contribution is -0.137. The molecule has 0 aromatic heterocycles. The van der Waals surface area contributed by atoms with Crippen LogP contribution in [0.5, 0.6) is 5.75 Å². The first-order valence-corrected chi connectivity index (χ1v) is 6.57. The molecule has 0 aliphatic rings.